The maximum absolute atomic E-state index is 13.0. The van der Waals surface area contributed by atoms with E-state index in [0.717, 1.165) is 16.2 Å². The summed E-state index contributed by atoms with van der Waals surface area (Å²) in [6, 6.07) is 17.7. The van der Waals surface area contributed by atoms with Gasteiger partial charge in [-0.05, 0) is 30.7 Å². The number of nitrogens with zero attached hydrogens (tertiary/aromatic N) is 3. The number of para-hydroxylation sites is 1. The lowest BCUT2D eigenvalue weighted by Crippen LogP contribution is -2.53. The summed E-state index contributed by atoms with van der Waals surface area (Å²) in [7, 11) is 0. The number of carbonyl (C=O) groups excluding carboxylic acids is 3. The molecule has 3 aromatic rings. The SMILES string of the molecule is Cc1c(/C=C2\C(=O)NC(=O)N(Cc3ccccc3)C2=O)c(Cl)nn1-c1ccccc1. The molecule has 1 fully saturated rings. The second-order valence-corrected chi connectivity index (χ2v) is 7.09. The number of halogens is 1. The van der Waals surface area contributed by atoms with Gasteiger partial charge >= 0.3 is 6.03 Å². The van der Waals surface area contributed by atoms with Gasteiger partial charge in [0.1, 0.15) is 5.57 Å². The number of hydrogen-bond donors (Lipinski definition) is 1. The van der Waals surface area contributed by atoms with Crippen molar-refractivity contribution in [3.8, 4) is 5.69 Å². The van der Waals surface area contributed by atoms with E-state index >= 15 is 0 Å². The van der Waals surface area contributed by atoms with Gasteiger partial charge in [0.15, 0.2) is 5.15 Å². The summed E-state index contributed by atoms with van der Waals surface area (Å²) in [5.74, 6) is -1.45. The number of hydrogen-bond acceptors (Lipinski definition) is 4. The number of carbonyl (C=O) groups is 3. The van der Waals surface area contributed by atoms with Crippen LogP contribution in [0.15, 0.2) is 66.2 Å². The highest BCUT2D eigenvalue weighted by Gasteiger charge is 2.36. The van der Waals surface area contributed by atoms with Gasteiger partial charge in [-0.3, -0.25) is 19.8 Å². The molecule has 0 aliphatic carbocycles. The fourth-order valence-electron chi connectivity index (χ4n) is 3.21. The normalized spacial score (nSPS) is 15.6. The summed E-state index contributed by atoms with van der Waals surface area (Å²) in [5, 5.41) is 6.68. The largest absolute Gasteiger partial charge is 0.331 e. The second kappa shape index (κ2) is 7.96. The minimum absolute atomic E-state index is 0.0477. The Labute approximate surface area is 177 Å². The van der Waals surface area contributed by atoms with Gasteiger partial charge in [-0.15, -0.1) is 0 Å². The number of benzene rings is 2. The average molecular weight is 421 g/mol. The van der Waals surface area contributed by atoms with E-state index in [4.69, 9.17) is 11.6 Å². The first-order valence-corrected chi connectivity index (χ1v) is 9.57. The third-order valence-electron chi connectivity index (χ3n) is 4.78. The summed E-state index contributed by atoms with van der Waals surface area (Å²) in [6.07, 6.45) is 1.38. The van der Waals surface area contributed by atoms with Crippen molar-refractivity contribution in [3.05, 3.63) is 88.2 Å². The van der Waals surface area contributed by atoms with Gasteiger partial charge in [-0.1, -0.05) is 60.1 Å². The van der Waals surface area contributed by atoms with Gasteiger partial charge in [0.2, 0.25) is 0 Å². The van der Waals surface area contributed by atoms with Gasteiger partial charge in [-0.25, -0.2) is 9.48 Å². The van der Waals surface area contributed by atoms with E-state index in [-0.39, 0.29) is 17.3 Å². The molecule has 150 valence electrons. The highest BCUT2D eigenvalue weighted by atomic mass is 35.5. The van der Waals surface area contributed by atoms with E-state index in [2.05, 4.69) is 10.4 Å². The molecule has 1 aliphatic rings. The third kappa shape index (κ3) is 3.62. The predicted molar refractivity (Wildman–Crippen MR) is 112 cm³/mol. The minimum atomic E-state index is -0.766. The summed E-state index contributed by atoms with van der Waals surface area (Å²) >= 11 is 6.31. The molecule has 30 heavy (non-hydrogen) atoms. The molecule has 0 unspecified atom stereocenters. The standard InChI is InChI=1S/C22H17ClN4O3/c1-14-17(19(23)25-27(14)16-10-6-3-7-11-16)12-18-20(28)24-22(30)26(21(18)29)13-15-8-4-2-5-9-15/h2-12H,13H2,1H3,(H,24,28,30)/b18-12+. The van der Waals surface area contributed by atoms with Crippen LogP contribution in [-0.2, 0) is 16.1 Å². The molecule has 1 N–H and O–H groups in total. The number of aromatic nitrogens is 2. The van der Waals surface area contributed by atoms with Crippen molar-refractivity contribution in [3.63, 3.8) is 0 Å². The fraction of sp³-hybridized carbons (Fsp3) is 0.0909. The van der Waals surface area contributed by atoms with Gasteiger partial charge in [0.25, 0.3) is 11.8 Å². The molecule has 4 rings (SSSR count). The summed E-state index contributed by atoms with van der Waals surface area (Å²) in [6.45, 7) is 1.84. The molecular formula is C22H17ClN4O3. The zero-order chi connectivity index (χ0) is 21.3. The van der Waals surface area contributed by atoms with Crippen LogP contribution in [0.3, 0.4) is 0 Å². The van der Waals surface area contributed by atoms with Crippen molar-refractivity contribution in [1.82, 2.24) is 20.0 Å². The highest BCUT2D eigenvalue weighted by Crippen LogP contribution is 2.26. The van der Waals surface area contributed by atoms with Gasteiger partial charge in [-0.2, -0.15) is 5.10 Å². The first-order chi connectivity index (χ1) is 14.5. The highest BCUT2D eigenvalue weighted by molar-refractivity contribution is 6.33. The molecule has 0 spiro atoms. The van der Waals surface area contributed by atoms with Crippen molar-refractivity contribution in [2.24, 2.45) is 0 Å². The first-order valence-electron chi connectivity index (χ1n) is 9.19. The van der Waals surface area contributed by atoms with Crippen LogP contribution in [0.5, 0.6) is 0 Å². The first kappa shape index (κ1) is 19.6. The van der Waals surface area contributed by atoms with E-state index in [1.54, 1.807) is 23.7 Å². The van der Waals surface area contributed by atoms with Crippen molar-refractivity contribution < 1.29 is 14.4 Å². The average Bonchev–Trinajstić information content (AvgIpc) is 3.03. The zero-order valence-corrected chi connectivity index (χ0v) is 16.8. The van der Waals surface area contributed by atoms with Gasteiger partial charge in [0.05, 0.1) is 12.2 Å². The third-order valence-corrected chi connectivity index (χ3v) is 5.06. The van der Waals surface area contributed by atoms with Crippen LogP contribution >= 0.6 is 11.6 Å². The van der Waals surface area contributed by atoms with E-state index < -0.39 is 17.8 Å². The van der Waals surface area contributed by atoms with Crippen LogP contribution in [0.1, 0.15) is 16.8 Å². The maximum Gasteiger partial charge on any atom is 0.331 e. The van der Waals surface area contributed by atoms with Crippen molar-refractivity contribution >= 4 is 35.5 Å². The summed E-state index contributed by atoms with van der Waals surface area (Å²) in [5.41, 5.74) is 2.48. The van der Waals surface area contributed by atoms with E-state index in [1.807, 2.05) is 48.5 Å². The topological polar surface area (TPSA) is 84.3 Å². The van der Waals surface area contributed by atoms with Crippen LogP contribution < -0.4 is 5.32 Å². The van der Waals surface area contributed by atoms with Crippen LogP contribution in [0.2, 0.25) is 5.15 Å². The monoisotopic (exact) mass is 420 g/mol. The summed E-state index contributed by atoms with van der Waals surface area (Å²) < 4.78 is 1.63. The lowest BCUT2D eigenvalue weighted by atomic mass is 10.1. The van der Waals surface area contributed by atoms with E-state index in [9.17, 15) is 14.4 Å². The lowest BCUT2D eigenvalue weighted by Gasteiger charge is -2.26. The molecule has 1 saturated heterocycles. The molecule has 2 aromatic carbocycles. The molecule has 0 saturated carbocycles. The Bertz CT molecular complexity index is 1170. The molecule has 7 nitrogen and oxygen atoms in total. The van der Waals surface area contributed by atoms with Crippen molar-refractivity contribution in [2.45, 2.75) is 13.5 Å². The van der Waals surface area contributed by atoms with Crippen LogP contribution in [-0.4, -0.2) is 32.5 Å². The minimum Gasteiger partial charge on any atom is -0.273 e. The quantitative estimate of drug-likeness (QED) is 0.517. The second-order valence-electron chi connectivity index (χ2n) is 6.73. The van der Waals surface area contributed by atoms with Crippen molar-refractivity contribution in [2.75, 3.05) is 0 Å². The number of imide groups is 2. The Hall–Kier alpha value is -3.71. The molecule has 4 amide bonds. The lowest BCUT2D eigenvalue weighted by molar-refractivity contribution is -0.130. The number of nitrogens with one attached hydrogen (secondary N) is 1. The molecule has 1 aliphatic heterocycles. The Morgan fingerprint density at radius 2 is 1.63 bits per heavy atom. The summed E-state index contributed by atoms with van der Waals surface area (Å²) in [4.78, 5) is 38.6. The Balaban J connectivity index is 1.70. The number of barbiturate groups is 1. The Morgan fingerprint density at radius 1 is 1.00 bits per heavy atom. The number of rotatable bonds is 4. The molecule has 0 bridgehead atoms. The van der Waals surface area contributed by atoms with Gasteiger partial charge in [0, 0.05) is 11.3 Å². The molecular weight excluding hydrogens is 404 g/mol. The molecule has 1 aromatic heterocycles. The Morgan fingerprint density at radius 3 is 2.30 bits per heavy atom. The van der Waals surface area contributed by atoms with Crippen molar-refractivity contribution in [1.29, 1.82) is 0 Å². The smallest absolute Gasteiger partial charge is 0.273 e. The van der Waals surface area contributed by atoms with Crippen LogP contribution in [0, 0.1) is 6.92 Å². The number of urea groups is 1. The van der Waals surface area contributed by atoms with E-state index in [1.165, 1.54) is 6.08 Å². The van der Waals surface area contributed by atoms with E-state index in [0.29, 0.717) is 11.3 Å². The van der Waals surface area contributed by atoms with Gasteiger partial charge < -0.3 is 0 Å². The van der Waals surface area contributed by atoms with Crippen LogP contribution in [0.4, 0.5) is 4.79 Å². The number of amides is 4. The molecule has 0 radical (unpaired) electrons. The Kier molecular flexibility index (Phi) is 5.20. The maximum atomic E-state index is 13.0. The molecule has 0 atom stereocenters. The zero-order valence-electron chi connectivity index (χ0n) is 16.0. The molecule has 8 heteroatoms. The predicted octanol–water partition coefficient (Wildman–Crippen LogP) is 3.50. The molecule has 2 heterocycles. The fourth-order valence-corrected chi connectivity index (χ4v) is 3.48. The van der Waals surface area contributed by atoms with Crippen LogP contribution in [0.25, 0.3) is 11.8 Å².